The highest BCUT2D eigenvalue weighted by Gasteiger charge is 1.96. The van der Waals surface area contributed by atoms with Gasteiger partial charge in [0.05, 0.1) is 0 Å². The first-order valence-corrected chi connectivity index (χ1v) is 5.53. The lowest BCUT2D eigenvalue weighted by atomic mass is 10.2. The second-order valence-electron chi connectivity index (χ2n) is 3.18. The van der Waals surface area contributed by atoms with Gasteiger partial charge in [-0.2, -0.15) is 16.4 Å². The van der Waals surface area contributed by atoms with E-state index in [-0.39, 0.29) is 0 Å². The minimum Gasteiger partial charge on any atom is -0.368 e. The Morgan fingerprint density at radius 3 is 3.07 bits per heavy atom. The van der Waals surface area contributed by atoms with Gasteiger partial charge in [0.1, 0.15) is 5.82 Å². The van der Waals surface area contributed by atoms with E-state index in [1.165, 1.54) is 5.56 Å². The van der Waals surface area contributed by atoms with Gasteiger partial charge in [0.2, 0.25) is 0 Å². The van der Waals surface area contributed by atoms with Crippen LogP contribution in [0.2, 0.25) is 0 Å². The SMILES string of the molecule is Cn1ccc(NCCc2ccsc2)n1. The fourth-order valence-electron chi connectivity index (χ4n) is 1.28. The molecule has 2 aromatic rings. The summed E-state index contributed by atoms with van der Waals surface area (Å²) < 4.78 is 1.80. The van der Waals surface area contributed by atoms with Crippen molar-refractivity contribution in [1.29, 1.82) is 0 Å². The summed E-state index contributed by atoms with van der Waals surface area (Å²) in [7, 11) is 1.92. The molecule has 4 heteroatoms. The van der Waals surface area contributed by atoms with Gasteiger partial charge in [0.25, 0.3) is 0 Å². The Morgan fingerprint density at radius 2 is 2.43 bits per heavy atom. The Kier molecular flexibility index (Phi) is 2.84. The number of hydrogen-bond acceptors (Lipinski definition) is 3. The highest BCUT2D eigenvalue weighted by molar-refractivity contribution is 7.07. The molecule has 3 nitrogen and oxygen atoms in total. The molecule has 2 heterocycles. The molecule has 0 spiro atoms. The summed E-state index contributed by atoms with van der Waals surface area (Å²) in [6.07, 6.45) is 2.99. The van der Waals surface area contributed by atoms with E-state index in [9.17, 15) is 0 Å². The van der Waals surface area contributed by atoms with Gasteiger partial charge in [0, 0.05) is 25.9 Å². The van der Waals surface area contributed by atoms with Crippen LogP contribution in [0, 0.1) is 0 Å². The Bertz CT molecular complexity index is 378. The third-order valence-corrected chi connectivity index (χ3v) is 2.75. The van der Waals surface area contributed by atoms with Crippen LogP contribution in [0.15, 0.2) is 29.1 Å². The van der Waals surface area contributed by atoms with Gasteiger partial charge in [0.15, 0.2) is 0 Å². The predicted molar refractivity (Wildman–Crippen MR) is 59.7 cm³/mol. The van der Waals surface area contributed by atoms with E-state index in [1.807, 2.05) is 19.3 Å². The number of aromatic nitrogens is 2. The van der Waals surface area contributed by atoms with E-state index in [2.05, 4.69) is 27.2 Å². The average molecular weight is 207 g/mol. The van der Waals surface area contributed by atoms with Crippen molar-refractivity contribution in [3.05, 3.63) is 34.7 Å². The average Bonchev–Trinajstić information content (AvgIpc) is 2.77. The highest BCUT2D eigenvalue weighted by Crippen LogP contribution is 2.07. The van der Waals surface area contributed by atoms with Gasteiger partial charge < -0.3 is 5.32 Å². The van der Waals surface area contributed by atoms with Crippen molar-refractivity contribution in [3.8, 4) is 0 Å². The fourth-order valence-corrected chi connectivity index (χ4v) is 1.98. The molecule has 0 amide bonds. The predicted octanol–water partition coefficient (Wildman–Crippen LogP) is 2.14. The van der Waals surface area contributed by atoms with Gasteiger partial charge in [-0.05, 0) is 28.8 Å². The Morgan fingerprint density at radius 1 is 1.50 bits per heavy atom. The molecule has 0 aromatic carbocycles. The first-order valence-electron chi connectivity index (χ1n) is 4.59. The van der Waals surface area contributed by atoms with Gasteiger partial charge in [-0.3, -0.25) is 4.68 Å². The first kappa shape index (κ1) is 9.27. The van der Waals surface area contributed by atoms with Crippen molar-refractivity contribution < 1.29 is 0 Å². The lowest BCUT2D eigenvalue weighted by molar-refractivity contribution is 0.768. The molecule has 14 heavy (non-hydrogen) atoms. The maximum Gasteiger partial charge on any atom is 0.147 e. The zero-order valence-electron chi connectivity index (χ0n) is 8.10. The van der Waals surface area contributed by atoms with Gasteiger partial charge in [-0.15, -0.1) is 0 Å². The summed E-state index contributed by atoms with van der Waals surface area (Å²) in [5.41, 5.74) is 1.39. The monoisotopic (exact) mass is 207 g/mol. The molecule has 0 aliphatic heterocycles. The van der Waals surface area contributed by atoms with E-state index in [1.54, 1.807) is 16.0 Å². The zero-order chi connectivity index (χ0) is 9.80. The molecule has 0 atom stereocenters. The third-order valence-electron chi connectivity index (χ3n) is 2.01. The van der Waals surface area contributed by atoms with E-state index >= 15 is 0 Å². The second kappa shape index (κ2) is 4.28. The third kappa shape index (κ3) is 2.35. The van der Waals surface area contributed by atoms with Crippen LogP contribution in [0.5, 0.6) is 0 Å². The number of rotatable bonds is 4. The molecular weight excluding hydrogens is 194 g/mol. The lowest BCUT2D eigenvalue weighted by Gasteiger charge is -2.00. The van der Waals surface area contributed by atoms with Crippen LogP contribution in [-0.2, 0) is 13.5 Å². The maximum atomic E-state index is 4.24. The van der Waals surface area contributed by atoms with Crippen LogP contribution in [0.3, 0.4) is 0 Å². The molecule has 74 valence electrons. The molecule has 0 fully saturated rings. The molecule has 0 saturated heterocycles. The molecular formula is C10H13N3S. The number of nitrogens with one attached hydrogen (secondary N) is 1. The molecule has 0 aliphatic carbocycles. The van der Waals surface area contributed by atoms with Crippen LogP contribution >= 0.6 is 11.3 Å². The van der Waals surface area contributed by atoms with E-state index < -0.39 is 0 Å². The maximum absolute atomic E-state index is 4.24. The minimum atomic E-state index is 0.938. The Hall–Kier alpha value is -1.29. The van der Waals surface area contributed by atoms with Crippen molar-refractivity contribution in [2.45, 2.75) is 6.42 Å². The summed E-state index contributed by atoms with van der Waals surface area (Å²) >= 11 is 1.74. The largest absolute Gasteiger partial charge is 0.368 e. The fraction of sp³-hybridized carbons (Fsp3) is 0.300. The number of anilines is 1. The Labute approximate surface area is 87.4 Å². The summed E-state index contributed by atoms with van der Waals surface area (Å²) in [5.74, 6) is 0.947. The molecule has 0 aliphatic rings. The van der Waals surface area contributed by atoms with Crippen molar-refractivity contribution >= 4 is 17.2 Å². The van der Waals surface area contributed by atoms with Gasteiger partial charge in [-0.25, -0.2) is 0 Å². The lowest BCUT2D eigenvalue weighted by Crippen LogP contribution is -2.05. The van der Waals surface area contributed by atoms with Crippen molar-refractivity contribution in [2.75, 3.05) is 11.9 Å². The molecule has 2 aromatic heterocycles. The van der Waals surface area contributed by atoms with Crippen molar-refractivity contribution in [1.82, 2.24) is 9.78 Å². The minimum absolute atomic E-state index is 0.938. The molecule has 0 bridgehead atoms. The van der Waals surface area contributed by atoms with Crippen LogP contribution in [0.1, 0.15) is 5.56 Å². The van der Waals surface area contributed by atoms with E-state index in [0.717, 1.165) is 18.8 Å². The quantitative estimate of drug-likeness (QED) is 0.832. The number of hydrogen-bond donors (Lipinski definition) is 1. The number of aryl methyl sites for hydroxylation is 1. The van der Waals surface area contributed by atoms with Crippen LogP contribution < -0.4 is 5.32 Å². The van der Waals surface area contributed by atoms with Crippen molar-refractivity contribution in [3.63, 3.8) is 0 Å². The van der Waals surface area contributed by atoms with Gasteiger partial charge >= 0.3 is 0 Å². The molecule has 1 N–H and O–H groups in total. The first-order chi connectivity index (χ1) is 6.84. The van der Waals surface area contributed by atoms with Crippen LogP contribution in [0.25, 0.3) is 0 Å². The smallest absolute Gasteiger partial charge is 0.147 e. The second-order valence-corrected chi connectivity index (χ2v) is 3.96. The zero-order valence-corrected chi connectivity index (χ0v) is 8.92. The molecule has 2 rings (SSSR count). The molecule has 0 saturated carbocycles. The number of nitrogens with zero attached hydrogens (tertiary/aromatic N) is 2. The summed E-state index contributed by atoms with van der Waals surface area (Å²) in [6, 6.07) is 4.14. The molecule has 0 unspecified atom stereocenters. The van der Waals surface area contributed by atoms with Gasteiger partial charge in [-0.1, -0.05) is 0 Å². The standard InChI is InChI=1S/C10H13N3S/c1-13-6-3-10(12-13)11-5-2-9-4-7-14-8-9/h3-4,6-8H,2,5H2,1H3,(H,11,12). The Balaban J connectivity index is 1.78. The van der Waals surface area contributed by atoms with Crippen LogP contribution in [0.4, 0.5) is 5.82 Å². The number of thiophene rings is 1. The van der Waals surface area contributed by atoms with E-state index in [4.69, 9.17) is 0 Å². The van der Waals surface area contributed by atoms with E-state index in [0.29, 0.717) is 0 Å². The topological polar surface area (TPSA) is 29.9 Å². The summed E-state index contributed by atoms with van der Waals surface area (Å²) in [6.45, 7) is 0.938. The summed E-state index contributed by atoms with van der Waals surface area (Å²) in [5, 5.41) is 11.8. The van der Waals surface area contributed by atoms with Crippen molar-refractivity contribution in [2.24, 2.45) is 7.05 Å². The normalized spacial score (nSPS) is 10.4. The summed E-state index contributed by atoms with van der Waals surface area (Å²) in [4.78, 5) is 0. The van der Waals surface area contributed by atoms with Crippen LogP contribution in [-0.4, -0.2) is 16.3 Å². The molecule has 0 radical (unpaired) electrons. The highest BCUT2D eigenvalue weighted by atomic mass is 32.1.